The number of carbonyl (C=O) groups is 1. The van der Waals surface area contributed by atoms with E-state index in [0.29, 0.717) is 33.4 Å². The van der Waals surface area contributed by atoms with Gasteiger partial charge < -0.3 is 9.88 Å². The van der Waals surface area contributed by atoms with E-state index in [1.54, 1.807) is 30.5 Å². The molecule has 0 aliphatic heterocycles. The SMILES string of the molecule is O=C(Nc1ccc(Cl)c(Cn2ccnc2C(c2ccccc2)c2ccccc2)c1Cl)c1ccccc1. The number of hydrogen-bond donors (Lipinski definition) is 1. The van der Waals surface area contributed by atoms with E-state index >= 15 is 0 Å². The molecule has 1 aromatic heterocycles. The van der Waals surface area contributed by atoms with E-state index in [1.807, 2.05) is 60.8 Å². The highest BCUT2D eigenvalue weighted by atomic mass is 35.5. The van der Waals surface area contributed by atoms with E-state index in [-0.39, 0.29) is 11.8 Å². The second-order valence-corrected chi connectivity index (χ2v) is 9.16. The van der Waals surface area contributed by atoms with Crippen LogP contribution in [0.3, 0.4) is 0 Å². The van der Waals surface area contributed by atoms with Gasteiger partial charge in [-0.25, -0.2) is 4.98 Å². The van der Waals surface area contributed by atoms with Crippen molar-refractivity contribution in [3.8, 4) is 0 Å². The van der Waals surface area contributed by atoms with Crippen LogP contribution in [0.15, 0.2) is 116 Å². The average molecular weight is 512 g/mol. The molecule has 0 saturated carbocycles. The van der Waals surface area contributed by atoms with Crippen LogP contribution in [0.2, 0.25) is 10.0 Å². The predicted molar refractivity (Wildman–Crippen MR) is 146 cm³/mol. The van der Waals surface area contributed by atoms with Crippen molar-refractivity contribution in [2.45, 2.75) is 12.5 Å². The minimum Gasteiger partial charge on any atom is -0.330 e. The Morgan fingerprint density at radius 2 is 1.39 bits per heavy atom. The number of imidazole rings is 1. The smallest absolute Gasteiger partial charge is 0.255 e. The molecule has 0 saturated heterocycles. The number of benzene rings is 4. The third-order valence-corrected chi connectivity index (χ3v) is 6.86. The monoisotopic (exact) mass is 511 g/mol. The van der Waals surface area contributed by atoms with Gasteiger partial charge in [-0.05, 0) is 35.4 Å². The third kappa shape index (κ3) is 5.06. The van der Waals surface area contributed by atoms with Gasteiger partial charge in [0.2, 0.25) is 0 Å². The quantitative estimate of drug-likeness (QED) is 0.243. The highest BCUT2D eigenvalue weighted by Gasteiger charge is 2.23. The molecule has 5 rings (SSSR count). The summed E-state index contributed by atoms with van der Waals surface area (Å²) in [4.78, 5) is 17.5. The Balaban J connectivity index is 1.50. The number of anilines is 1. The van der Waals surface area contributed by atoms with E-state index in [0.717, 1.165) is 17.0 Å². The molecule has 4 nitrogen and oxygen atoms in total. The van der Waals surface area contributed by atoms with Gasteiger partial charge in [0.1, 0.15) is 5.82 Å². The number of carbonyl (C=O) groups excluding carboxylic acids is 1. The normalized spacial score (nSPS) is 11.0. The van der Waals surface area contributed by atoms with Gasteiger partial charge in [0, 0.05) is 28.5 Å². The molecule has 0 aliphatic carbocycles. The van der Waals surface area contributed by atoms with E-state index in [4.69, 9.17) is 28.2 Å². The summed E-state index contributed by atoms with van der Waals surface area (Å²) in [6.07, 6.45) is 3.72. The third-order valence-electron chi connectivity index (χ3n) is 6.07. The van der Waals surface area contributed by atoms with Crippen LogP contribution in [-0.4, -0.2) is 15.5 Å². The van der Waals surface area contributed by atoms with Gasteiger partial charge in [-0.3, -0.25) is 4.79 Å². The molecule has 1 heterocycles. The minimum absolute atomic E-state index is 0.0686. The molecular weight excluding hydrogens is 489 g/mol. The molecule has 0 atom stereocenters. The Hall–Kier alpha value is -3.86. The number of rotatable bonds is 7. The van der Waals surface area contributed by atoms with Gasteiger partial charge >= 0.3 is 0 Å². The fourth-order valence-electron chi connectivity index (χ4n) is 4.29. The Kier molecular flexibility index (Phi) is 7.17. The van der Waals surface area contributed by atoms with Gasteiger partial charge in [-0.1, -0.05) is 102 Å². The first kappa shape index (κ1) is 23.9. The Bertz CT molecular complexity index is 1430. The molecule has 1 N–H and O–H groups in total. The van der Waals surface area contributed by atoms with Crippen molar-refractivity contribution in [1.82, 2.24) is 9.55 Å². The molecule has 178 valence electrons. The zero-order chi connectivity index (χ0) is 24.9. The lowest BCUT2D eigenvalue weighted by molar-refractivity contribution is 0.102. The highest BCUT2D eigenvalue weighted by Crippen LogP contribution is 2.35. The molecular formula is C30H23Cl2N3O. The van der Waals surface area contributed by atoms with Crippen LogP contribution in [0.5, 0.6) is 0 Å². The van der Waals surface area contributed by atoms with Crippen LogP contribution >= 0.6 is 23.2 Å². The number of amides is 1. The Labute approximate surface area is 220 Å². The Morgan fingerprint density at radius 3 is 2.00 bits per heavy atom. The van der Waals surface area contributed by atoms with Gasteiger partial charge in [0.25, 0.3) is 5.91 Å². The molecule has 36 heavy (non-hydrogen) atoms. The number of hydrogen-bond acceptors (Lipinski definition) is 2. The standard InChI is InChI=1S/C30H23Cl2N3O/c31-25-16-17-26(34-30(36)23-14-8-3-9-15-23)28(32)24(25)20-35-19-18-33-29(35)27(21-10-4-1-5-11-21)22-12-6-2-7-13-22/h1-19,27H,20H2,(H,34,36). The first-order chi connectivity index (χ1) is 17.6. The number of nitrogens with zero attached hydrogens (tertiary/aromatic N) is 2. The van der Waals surface area contributed by atoms with Gasteiger partial charge in [-0.2, -0.15) is 0 Å². The molecule has 0 aliphatic rings. The van der Waals surface area contributed by atoms with E-state index in [9.17, 15) is 4.79 Å². The van der Waals surface area contributed by atoms with Crippen molar-refractivity contribution >= 4 is 34.8 Å². The highest BCUT2D eigenvalue weighted by molar-refractivity contribution is 6.38. The average Bonchev–Trinajstić information content (AvgIpc) is 3.37. The van der Waals surface area contributed by atoms with E-state index < -0.39 is 0 Å². The lowest BCUT2D eigenvalue weighted by Gasteiger charge is -2.21. The maximum Gasteiger partial charge on any atom is 0.255 e. The lowest BCUT2D eigenvalue weighted by atomic mass is 9.90. The topological polar surface area (TPSA) is 46.9 Å². The van der Waals surface area contributed by atoms with Crippen LogP contribution in [0, 0.1) is 0 Å². The molecule has 0 unspecified atom stereocenters. The number of nitrogens with one attached hydrogen (secondary N) is 1. The van der Waals surface area contributed by atoms with Crippen molar-refractivity contribution in [2.75, 3.05) is 5.32 Å². The molecule has 0 bridgehead atoms. The van der Waals surface area contributed by atoms with Crippen LogP contribution in [0.25, 0.3) is 0 Å². The first-order valence-corrected chi connectivity index (χ1v) is 12.3. The largest absolute Gasteiger partial charge is 0.330 e. The summed E-state index contributed by atoms with van der Waals surface area (Å²) >= 11 is 13.4. The van der Waals surface area contributed by atoms with Gasteiger partial charge in [-0.15, -0.1) is 0 Å². The van der Waals surface area contributed by atoms with Crippen molar-refractivity contribution in [3.05, 3.63) is 154 Å². The second-order valence-electron chi connectivity index (χ2n) is 8.38. The maximum atomic E-state index is 12.7. The van der Waals surface area contributed by atoms with Crippen LogP contribution in [0.4, 0.5) is 5.69 Å². The molecule has 0 fully saturated rings. The molecule has 5 aromatic rings. The fourth-order valence-corrected chi connectivity index (χ4v) is 4.83. The predicted octanol–water partition coefficient (Wildman–Crippen LogP) is 7.67. The molecule has 6 heteroatoms. The maximum absolute atomic E-state index is 12.7. The summed E-state index contributed by atoms with van der Waals surface area (Å²) in [7, 11) is 0. The minimum atomic E-state index is -0.234. The number of halogens is 2. The van der Waals surface area contributed by atoms with Crippen LogP contribution < -0.4 is 5.32 Å². The first-order valence-electron chi connectivity index (χ1n) is 11.6. The number of aromatic nitrogens is 2. The van der Waals surface area contributed by atoms with Crippen molar-refractivity contribution in [2.24, 2.45) is 0 Å². The van der Waals surface area contributed by atoms with Crippen LogP contribution in [0.1, 0.15) is 38.8 Å². The van der Waals surface area contributed by atoms with E-state index in [1.165, 1.54) is 0 Å². The lowest BCUT2D eigenvalue weighted by Crippen LogP contribution is -2.14. The van der Waals surface area contributed by atoms with Crippen molar-refractivity contribution < 1.29 is 4.79 Å². The van der Waals surface area contributed by atoms with E-state index in [2.05, 4.69) is 34.1 Å². The molecule has 1 amide bonds. The van der Waals surface area contributed by atoms with Crippen molar-refractivity contribution in [1.29, 1.82) is 0 Å². The zero-order valence-corrected chi connectivity index (χ0v) is 20.8. The molecule has 4 aromatic carbocycles. The van der Waals surface area contributed by atoms with Crippen molar-refractivity contribution in [3.63, 3.8) is 0 Å². The summed E-state index contributed by atoms with van der Waals surface area (Å²) in [5, 5.41) is 3.84. The van der Waals surface area contributed by atoms with Gasteiger partial charge in [0.15, 0.2) is 0 Å². The summed E-state index contributed by atoms with van der Waals surface area (Å²) < 4.78 is 2.06. The summed E-state index contributed by atoms with van der Waals surface area (Å²) in [5.74, 6) is 0.571. The zero-order valence-electron chi connectivity index (χ0n) is 19.3. The van der Waals surface area contributed by atoms with Gasteiger partial charge in [0.05, 0.1) is 23.2 Å². The fraction of sp³-hybridized carbons (Fsp3) is 0.0667. The summed E-state index contributed by atoms with van der Waals surface area (Å²) in [6.45, 7) is 0.401. The second kappa shape index (κ2) is 10.8. The molecule has 0 radical (unpaired) electrons. The summed E-state index contributed by atoms with van der Waals surface area (Å²) in [6, 6.07) is 33.1. The Morgan fingerprint density at radius 1 is 0.806 bits per heavy atom. The summed E-state index contributed by atoms with van der Waals surface area (Å²) in [5.41, 5.74) is 4.04. The van der Waals surface area contributed by atoms with Crippen LogP contribution in [-0.2, 0) is 6.54 Å². The molecule has 0 spiro atoms.